The average Bonchev–Trinajstić information content (AvgIpc) is 2.89. The van der Waals surface area contributed by atoms with Crippen LogP contribution < -0.4 is 5.32 Å². The lowest BCUT2D eigenvalue weighted by atomic mass is 10.1. The van der Waals surface area contributed by atoms with Gasteiger partial charge >= 0.3 is 6.18 Å². The molecule has 1 saturated heterocycles. The fourth-order valence-electron chi connectivity index (χ4n) is 3.20. The summed E-state index contributed by atoms with van der Waals surface area (Å²) in [6, 6.07) is 4.98. The highest BCUT2D eigenvalue weighted by atomic mass is 32.1. The summed E-state index contributed by atoms with van der Waals surface area (Å²) in [6.07, 6.45) is -4.51. The minimum absolute atomic E-state index is 0.0438. The van der Waals surface area contributed by atoms with Crippen LogP contribution >= 0.6 is 12.2 Å². The monoisotopic (exact) mass is 428 g/mol. The van der Waals surface area contributed by atoms with Crippen molar-refractivity contribution in [1.82, 2.24) is 24.1 Å². The van der Waals surface area contributed by atoms with Gasteiger partial charge in [-0.3, -0.25) is 14.6 Å². The van der Waals surface area contributed by atoms with E-state index in [1.807, 2.05) is 23.4 Å². The molecule has 1 aliphatic heterocycles. The van der Waals surface area contributed by atoms with Gasteiger partial charge in [0, 0.05) is 33.2 Å². The lowest BCUT2D eigenvalue weighted by Gasteiger charge is -2.34. The van der Waals surface area contributed by atoms with E-state index < -0.39 is 17.6 Å². The van der Waals surface area contributed by atoms with E-state index in [0.717, 1.165) is 11.9 Å². The third kappa shape index (κ3) is 5.22. The zero-order valence-corrected chi connectivity index (χ0v) is 17.1. The number of piperazine rings is 1. The average molecular weight is 428 g/mol. The number of halogens is 3. The molecule has 2 heterocycles. The Hall–Kier alpha value is -2.24. The van der Waals surface area contributed by atoms with Crippen LogP contribution in [0.3, 0.4) is 0 Å². The van der Waals surface area contributed by atoms with Crippen molar-refractivity contribution in [3.8, 4) is 0 Å². The molecule has 1 aliphatic rings. The minimum atomic E-state index is -4.51. The van der Waals surface area contributed by atoms with Gasteiger partial charge in [0.2, 0.25) is 5.91 Å². The number of hydrogen-bond acceptors (Lipinski definition) is 5. The Morgan fingerprint density at radius 2 is 1.79 bits per heavy atom. The lowest BCUT2D eigenvalue weighted by molar-refractivity contribution is -0.137. The van der Waals surface area contributed by atoms with Gasteiger partial charge in [0.25, 0.3) is 0 Å². The Balaban J connectivity index is 1.51. The maximum Gasteiger partial charge on any atom is 0.418 e. The van der Waals surface area contributed by atoms with E-state index in [-0.39, 0.29) is 12.2 Å². The second-order valence-corrected chi connectivity index (χ2v) is 7.38. The summed E-state index contributed by atoms with van der Waals surface area (Å²) in [6.45, 7) is 5.19. The first kappa shape index (κ1) is 21.5. The molecule has 1 fully saturated rings. The maximum atomic E-state index is 13.1. The van der Waals surface area contributed by atoms with Crippen molar-refractivity contribution < 1.29 is 18.0 Å². The van der Waals surface area contributed by atoms with Crippen molar-refractivity contribution in [1.29, 1.82) is 0 Å². The van der Waals surface area contributed by atoms with Gasteiger partial charge in [-0.05, 0) is 31.3 Å². The molecule has 0 spiro atoms. The van der Waals surface area contributed by atoms with Gasteiger partial charge in [0.15, 0.2) is 4.77 Å². The summed E-state index contributed by atoms with van der Waals surface area (Å²) in [4.78, 5) is 16.4. The molecule has 11 heteroatoms. The normalized spacial score (nSPS) is 16.2. The topological polar surface area (TPSA) is 58.3 Å². The summed E-state index contributed by atoms with van der Waals surface area (Å²) >= 11 is 5.35. The van der Waals surface area contributed by atoms with Gasteiger partial charge < -0.3 is 9.88 Å². The van der Waals surface area contributed by atoms with Crippen molar-refractivity contribution >= 4 is 23.8 Å². The number of carbonyl (C=O) groups is 1. The molecular formula is C18H23F3N6OS. The molecule has 0 saturated carbocycles. The number of anilines is 1. The summed E-state index contributed by atoms with van der Waals surface area (Å²) in [5, 5.41) is 6.80. The van der Waals surface area contributed by atoms with Crippen LogP contribution in [0.25, 0.3) is 0 Å². The Bertz CT molecular complexity index is 930. The molecule has 1 aromatic carbocycles. The number of aryl methyl sites for hydroxylation is 1. The first-order valence-electron chi connectivity index (χ1n) is 9.16. The molecule has 1 N–H and O–H groups in total. The molecule has 0 radical (unpaired) electrons. The summed E-state index contributed by atoms with van der Waals surface area (Å²) < 4.78 is 43.4. The van der Waals surface area contributed by atoms with Gasteiger partial charge in [-0.15, -0.1) is 0 Å². The predicted molar refractivity (Wildman–Crippen MR) is 105 cm³/mol. The van der Waals surface area contributed by atoms with E-state index in [9.17, 15) is 18.0 Å². The molecule has 0 unspecified atom stereocenters. The quantitative estimate of drug-likeness (QED) is 0.742. The number of nitrogens with one attached hydrogen (secondary N) is 1. The SMILES string of the molecule is Cc1nn(CN2CCN(CC(=O)Nc3ccccc3C(F)(F)F)CC2)c(=S)n1C. The molecule has 0 atom stereocenters. The van der Waals surface area contributed by atoms with Crippen molar-refractivity contribution in [3.63, 3.8) is 0 Å². The molecule has 3 rings (SSSR count). The molecule has 7 nitrogen and oxygen atoms in total. The number of benzene rings is 1. The number of alkyl halides is 3. The van der Waals surface area contributed by atoms with Gasteiger partial charge in [-0.2, -0.15) is 18.3 Å². The first-order valence-corrected chi connectivity index (χ1v) is 9.57. The lowest BCUT2D eigenvalue weighted by Crippen LogP contribution is -2.49. The Morgan fingerprint density at radius 1 is 1.17 bits per heavy atom. The smallest absolute Gasteiger partial charge is 0.324 e. The minimum Gasteiger partial charge on any atom is -0.324 e. The van der Waals surface area contributed by atoms with E-state index >= 15 is 0 Å². The van der Waals surface area contributed by atoms with Gasteiger partial charge in [-0.1, -0.05) is 12.1 Å². The zero-order chi connectivity index (χ0) is 21.2. The molecule has 2 aromatic rings. The van der Waals surface area contributed by atoms with E-state index in [4.69, 9.17) is 12.2 Å². The number of aromatic nitrogens is 3. The van der Waals surface area contributed by atoms with Crippen LogP contribution in [0, 0.1) is 11.7 Å². The second-order valence-electron chi connectivity index (χ2n) is 7.02. The number of nitrogens with zero attached hydrogens (tertiary/aromatic N) is 5. The first-order chi connectivity index (χ1) is 13.6. The van der Waals surface area contributed by atoms with Crippen LogP contribution in [-0.4, -0.2) is 62.8 Å². The highest BCUT2D eigenvalue weighted by Crippen LogP contribution is 2.34. The molecule has 1 amide bonds. The van der Waals surface area contributed by atoms with Crippen molar-refractivity contribution in [3.05, 3.63) is 40.4 Å². The molecule has 0 aliphatic carbocycles. The summed E-state index contributed by atoms with van der Waals surface area (Å²) in [5.41, 5.74) is -1.07. The van der Waals surface area contributed by atoms with E-state index in [0.29, 0.717) is 37.6 Å². The fraction of sp³-hybridized carbons (Fsp3) is 0.500. The largest absolute Gasteiger partial charge is 0.418 e. The molecule has 1 aromatic heterocycles. The Labute approximate surface area is 171 Å². The van der Waals surface area contributed by atoms with Gasteiger partial charge in [0.05, 0.1) is 24.5 Å². The molecular weight excluding hydrogens is 405 g/mol. The van der Waals surface area contributed by atoms with Crippen molar-refractivity contribution in [2.75, 3.05) is 38.0 Å². The molecule has 0 bridgehead atoms. The number of para-hydroxylation sites is 1. The summed E-state index contributed by atoms with van der Waals surface area (Å²) in [7, 11) is 1.87. The number of hydrogen-bond donors (Lipinski definition) is 1. The number of carbonyl (C=O) groups excluding carboxylic acids is 1. The van der Waals surface area contributed by atoms with Crippen molar-refractivity contribution in [2.24, 2.45) is 7.05 Å². The van der Waals surface area contributed by atoms with Crippen LogP contribution in [0.5, 0.6) is 0 Å². The third-order valence-electron chi connectivity index (χ3n) is 4.93. The highest BCUT2D eigenvalue weighted by molar-refractivity contribution is 7.71. The van der Waals surface area contributed by atoms with Gasteiger partial charge in [-0.25, -0.2) is 4.68 Å². The standard InChI is InChI=1S/C18H23F3N6OS/c1-13-23-27(17(29)24(13)2)12-26-9-7-25(8-10-26)11-16(28)22-15-6-4-3-5-14(15)18(19,20)21/h3-6H,7-12H2,1-2H3,(H,22,28). The summed E-state index contributed by atoms with van der Waals surface area (Å²) in [5.74, 6) is 0.377. The van der Waals surface area contributed by atoms with Crippen molar-refractivity contribution in [2.45, 2.75) is 19.8 Å². The fourth-order valence-corrected chi connectivity index (χ4v) is 3.43. The zero-order valence-electron chi connectivity index (χ0n) is 16.2. The Kier molecular flexibility index (Phi) is 6.39. The molecule has 158 valence electrons. The van der Waals surface area contributed by atoms with E-state index in [1.54, 1.807) is 4.68 Å². The number of rotatable bonds is 5. The van der Waals surface area contributed by atoms with E-state index in [1.165, 1.54) is 18.2 Å². The third-order valence-corrected chi connectivity index (χ3v) is 5.42. The maximum absolute atomic E-state index is 13.1. The Morgan fingerprint density at radius 3 is 2.38 bits per heavy atom. The second kappa shape index (κ2) is 8.64. The number of amides is 1. The van der Waals surface area contributed by atoms with E-state index in [2.05, 4.69) is 15.3 Å². The van der Waals surface area contributed by atoms with Crippen LogP contribution in [0.4, 0.5) is 18.9 Å². The van der Waals surface area contributed by atoms with Crippen LogP contribution in [0.1, 0.15) is 11.4 Å². The van der Waals surface area contributed by atoms with Gasteiger partial charge in [0.1, 0.15) is 5.82 Å². The highest BCUT2D eigenvalue weighted by Gasteiger charge is 2.33. The predicted octanol–water partition coefficient (Wildman–Crippen LogP) is 2.49. The van der Waals surface area contributed by atoms with Crippen LogP contribution in [0.2, 0.25) is 0 Å². The molecule has 29 heavy (non-hydrogen) atoms. The van der Waals surface area contributed by atoms with Crippen LogP contribution in [-0.2, 0) is 24.7 Å². The van der Waals surface area contributed by atoms with Crippen LogP contribution in [0.15, 0.2) is 24.3 Å².